The minimum atomic E-state index is -0.587. The van der Waals surface area contributed by atoms with Gasteiger partial charge in [0.1, 0.15) is 5.69 Å². The fraction of sp³-hybridized carbons (Fsp3) is 0.750. The monoisotopic (exact) mass is 322 g/mol. The van der Waals surface area contributed by atoms with Crippen LogP contribution in [0.4, 0.5) is 0 Å². The van der Waals surface area contributed by atoms with E-state index < -0.39 is 12.5 Å². The Hall–Kier alpha value is -1.22. The number of hydrogen-bond acceptors (Lipinski definition) is 7. The van der Waals surface area contributed by atoms with Gasteiger partial charge in [0.05, 0.1) is 13.2 Å². The van der Waals surface area contributed by atoms with Crippen LogP contribution in [0.2, 0.25) is 0 Å². The summed E-state index contributed by atoms with van der Waals surface area (Å²) in [5.41, 5.74) is 2.26. The van der Waals surface area contributed by atoms with E-state index in [-0.39, 0.29) is 23.8 Å². The van der Waals surface area contributed by atoms with Gasteiger partial charge < -0.3 is 5.11 Å². The summed E-state index contributed by atoms with van der Waals surface area (Å²) in [4.78, 5) is 19.0. The topological polar surface area (TPSA) is 101 Å². The highest BCUT2D eigenvalue weighted by Gasteiger charge is 2.18. The minimum absolute atomic E-state index is 0. The Labute approximate surface area is 130 Å². The first kappa shape index (κ1) is 19.8. The lowest BCUT2D eigenvalue weighted by Crippen LogP contribution is -2.40. The summed E-state index contributed by atoms with van der Waals surface area (Å²) in [5, 5.41) is 15.7. The molecule has 1 aromatic rings. The lowest BCUT2D eigenvalue weighted by atomic mass is 10.2. The molecule has 8 nitrogen and oxygen atoms in total. The van der Waals surface area contributed by atoms with Crippen molar-refractivity contribution in [2.75, 3.05) is 13.2 Å². The zero-order valence-electron chi connectivity index (χ0n) is 12.7. The van der Waals surface area contributed by atoms with E-state index in [4.69, 9.17) is 9.94 Å². The van der Waals surface area contributed by atoms with Gasteiger partial charge in [0, 0.05) is 18.6 Å². The number of hydrogen-bond donors (Lipinski definition) is 2. The Morgan fingerprint density at radius 1 is 1.33 bits per heavy atom. The van der Waals surface area contributed by atoms with E-state index in [1.807, 2.05) is 0 Å². The first-order valence-electron chi connectivity index (χ1n) is 6.57. The molecule has 1 amide bonds. The van der Waals surface area contributed by atoms with Crippen molar-refractivity contribution in [3.8, 4) is 0 Å². The summed E-state index contributed by atoms with van der Waals surface area (Å²) in [6, 6.07) is 0.796. The van der Waals surface area contributed by atoms with Gasteiger partial charge in [-0.05, 0) is 32.9 Å². The normalized spacial score (nSPS) is 11.0. The second-order valence-electron chi connectivity index (χ2n) is 4.92. The van der Waals surface area contributed by atoms with Crippen LogP contribution in [-0.4, -0.2) is 51.5 Å². The maximum atomic E-state index is 11.7. The Bertz CT molecular complexity index is 417. The molecule has 0 aromatic carbocycles. The fourth-order valence-corrected chi connectivity index (χ4v) is 1.91. The van der Waals surface area contributed by atoms with Crippen molar-refractivity contribution in [1.82, 2.24) is 20.7 Å². The Morgan fingerprint density at radius 3 is 2.48 bits per heavy atom. The van der Waals surface area contributed by atoms with Crippen molar-refractivity contribution in [2.45, 2.75) is 46.4 Å². The average molecular weight is 323 g/mol. The van der Waals surface area contributed by atoms with Crippen molar-refractivity contribution >= 4 is 18.3 Å². The second kappa shape index (κ2) is 9.67. The molecule has 2 N–H and O–H groups in total. The molecule has 0 spiro atoms. The summed E-state index contributed by atoms with van der Waals surface area (Å²) < 4.78 is 4.38. The zero-order valence-corrected chi connectivity index (χ0v) is 13.5. The van der Waals surface area contributed by atoms with Crippen LogP contribution in [-0.2, 0) is 11.4 Å². The van der Waals surface area contributed by atoms with Crippen LogP contribution in [0.25, 0.3) is 0 Å². The van der Waals surface area contributed by atoms with Crippen LogP contribution in [0.15, 0.2) is 4.63 Å². The number of aliphatic hydroxyl groups excluding tert-OH is 1. The predicted molar refractivity (Wildman–Crippen MR) is 77.9 cm³/mol. The third kappa shape index (κ3) is 5.96. The van der Waals surface area contributed by atoms with Gasteiger partial charge in [-0.3, -0.25) is 14.5 Å². The largest absolute Gasteiger partial charge is 0.390 e. The average Bonchev–Trinajstić information content (AvgIpc) is 2.85. The molecule has 1 rings (SSSR count). The molecule has 0 atom stereocenters. The summed E-state index contributed by atoms with van der Waals surface area (Å²) in [6.45, 7) is 9.04. The van der Waals surface area contributed by atoms with Crippen LogP contribution in [0, 0.1) is 0 Å². The van der Waals surface area contributed by atoms with Gasteiger partial charge >= 0.3 is 0 Å². The van der Waals surface area contributed by atoms with Gasteiger partial charge in [0.2, 0.25) is 0 Å². The van der Waals surface area contributed by atoms with Gasteiger partial charge in [0.15, 0.2) is 5.69 Å². The molecule has 0 aliphatic heterocycles. The molecule has 0 saturated heterocycles. The molecular weight excluding hydrogens is 300 g/mol. The fourth-order valence-electron chi connectivity index (χ4n) is 1.91. The SMILES string of the molecule is CC(C)N(CCONC(=O)c1nonc1CO)C(C)C.Cl. The van der Waals surface area contributed by atoms with Gasteiger partial charge in [0.25, 0.3) is 5.91 Å². The van der Waals surface area contributed by atoms with E-state index in [0.29, 0.717) is 25.2 Å². The molecule has 0 radical (unpaired) electrons. The predicted octanol–water partition coefficient (Wildman–Crippen LogP) is 0.764. The number of aliphatic hydroxyl groups is 1. The molecule has 0 aliphatic carbocycles. The van der Waals surface area contributed by atoms with Crippen LogP contribution < -0.4 is 5.48 Å². The van der Waals surface area contributed by atoms with E-state index in [1.165, 1.54) is 0 Å². The summed E-state index contributed by atoms with van der Waals surface area (Å²) in [7, 11) is 0. The van der Waals surface area contributed by atoms with Gasteiger partial charge in [-0.2, -0.15) is 0 Å². The first-order valence-corrected chi connectivity index (χ1v) is 6.57. The molecular formula is C12H23ClN4O4. The molecule has 0 aliphatic rings. The van der Waals surface area contributed by atoms with E-state index in [1.54, 1.807) is 0 Å². The molecule has 0 saturated carbocycles. The number of nitrogens with zero attached hydrogens (tertiary/aromatic N) is 3. The number of carbonyl (C=O) groups excluding carboxylic acids is 1. The third-order valence-electron chi connectivity index (χ3n) is 2.86. The smallest absolute Gasteiger partial charge is 0.299 e. The quantitative estimate of drug-likeness (QED) is 0.538. The lowest BCUT2D eigenvalue weighted by molar-refractivity contribution is 0.0143. The first-order chi connectivity index (χ1) is 9.47. The molecule has 21 heavy (non-hydrogen) atoms. The Morgan fingerprint density at radius 2 is 1.95 bits per heavy atom. The molecule has 122 valence electrons. The maximum absolute atomic E-state index is 11.7. The standard InChI is InChI=1S/C12H22N4O4.ClH/c1-8(2)16(9(3)4)5-6-19-15-12(18)11-10(7-17)13-20-14-11;/h8-9,17H,5-7H2,1-4H3,(H,15,18);1H. The third-order valence-corrected chi connectivity index (χ3v) is 2.86. The number of amides is 1. The maximum Gasteiger partial charge on any atom is 0.299 e. The van der Waals surface area contributed by atoms with Gasteiger partial charge in [-0.1, -0.05) is 5.16 Å². The number of rotatable bonds is 8. The highest BCUT2D eigenvalue weighted by atomic mass is 35.5. The Kier molecular flexibility index (Phi) is 9.11. The molecule has 9 heteroatoms. The van der Waals surface area contributed by atoms with E-state index in [0.717, 1.165) is 0 Å². The molecule has 0 bridgehead atoms. The van der Waals surface area contributed by atoms with E-state index in [9.17, 15) is 4.79 Å². The number of halogens is 1. The number of nitrogens with one attached hydrogen (secondary N) is 1. The van der Waals surface area contributed by atoms with Crippen molar-refractivity contribution < 1.29 is 19.4 Å². The number of carbonyl (C=O) groups is 1. The van der Waals surface area contributed by atoms with Crippen LogP contribution in [0.3, 0.4) is 0 Å². The summed E-state index contributed by atoms with van der Waals surface area (Å²) in [6.07, 6.45) is 0. The van der Waals surface area contributed by atoms with Crippen LogP contribution in [0.5, 0.6) is 0 Å². The van der Waals surface area contributed by atoms with E-state index in [2.05, 4.69) is 53.0 Å². The van der Waals surface area contributed by atoms with Crippen molar-refractivity contribution in [1.29, 1.82) is 0 Å². The summed E-state index contributed by atoms with van der Waals surface area (Å²) in [5.74, 6) is -0.587. The number of hydroxylamine groups is 1. The van der Waals surface area contributed by atoms with Crippen LogP contribution >= 0.6 is 12.4 Å². The number of aromatic nitrogens is 2. The minimum Gasteiger partial charge on any atom is -0.390 e. The highest BCUT2D eigenvalue weighted by Crippen LogP contribution is 2.04. The molecule has 1 aromatic heterocycles. The van der Waals surface area contributed by atoms with Crippen molar-refractivity contribution in [3.63, 3.8) is 0 Å². The summed E-state index contributed by atoms with van der Waals surface area (Å²) >= 11 is 0. The Balaban J connectivity index is 0.00000400. The molecule has 1 heterocycles. The van der Waals surface area contributed by atoms with Gasteiger partial charge in [-0.25, -0.2) is 10.1 Å². The van der Waals surface area contributed by atoms with E-state index >= 15 is 0 Å². The lowest BCUT2D eigenvalue weighted by Gasteiger charge is -2.30. The molecule has 0 fully saturated rings. The second-order valence-corrected chi connectivity index (χ2v) is 4.92. The van der Waals surface area contributed by atoms with Crippen molar-refractivity contribution in [3.05, 3.63) is 11.4 Å². The highest BCUT2D eigenvalue weighted by molar-refractivity contribution is 5.92. The van der Waals surface area contributed by atoms with Gasteiger partial charge in [-0.15, -0.1) is 12.4 Å². The molecule has 0 unspecified atom stereocenters. The van der Waals surface area contributed by atoms with Crippen LogP contribution in [0.1, 0.15) is 43.9 Å². The zero-order chi connectivity index (χ0) is 15.1. The van der Waals surface area contributed by atoms with Crippen molar-refractivity contribution in [2.24, 2.45) is 0 Å².